The average molecular weight is 424 g/mol. The summed E-state index contributed by atoms with van der Waals surface area (Å²) in [5, 5.41) is 12.0. The van der Waals surface area contributed by atoms with Crippen molar-refractivity contribution < 1.29 is 4.74 Å². The standard InChI is InChI=1S/C25H37N5O/c1-4-28-23(17-25(26)29(3)19-21-6-5-11-27-18-21)16-20(2)22-7-9-24(10-8-22)30-12-14-31-15-13-30/h4,7-10,16,21,26-27H,1,5-6,11-15,17-19H2,2-3H3/b20-16+,26-25?,28-23?. The third kappa shape index (κ3) is 7.04. The number of piperidine rings is 1. The van der Waals surface area contributed by atoms with E-state index in [9.17, 15) is 0 Å². The second kappa shape index (κ2) is 11.8. The number of hydrogen-bond donors (Lipinski definition) is 2. The van der Waals surface area contributed by atoms with E-state index in [4.69, 9.17) is 10.1 Å². The predicted octanol–water partition coefficient (Wildman–Crippen LogP) is 3.81. The Morgan fingerprint density at radius 2 is 2.06 bits per heavy atom. The number of morpholine rings is 1. The van der Waals surface area contributed by atoms with Crippen molar-refractivity contribution in [3.05, 3.63) is 48.7 Å². The van der Waals surface area contributed by atoms with Crippen LogP contribution in [0.25, 0.3) is 5.57 Å². The van der Waals surface area contributed by atoms with Gasteiger partial charge in [0.2, 0.25) is 0 Å². The Morgan fingerprint density at radius 1 is 1.32 bits per heavy atom. The van der Waals surface area contributed by atoms with Crippen LogP contribution in [0.1, 0.15) is 31.7 Å². The molecule has 2 heterocycles. The normalized spacial score (nSPS) is 20.5. The first-order valence-corrected chi connectivity index (χ1v) is 11.3. The largest absolute Gasteiger partial charge is 0.378 e. The molecule has 0 radical (unpaired) electrons. The molecule has 1 aromatic rings. The molecule has 2 N–H and O–H groups in total. The Kier molecular flexibility index (Phi) is 8.85. The fourth-order valence-electron chi connectivity index (χ4n) is 4.22. The molecule has 168 valence electrons. The van der Waals surface area contributed by atoms with Gasteiger partial charge in [-0.1, -0.05) is 18.7 Å². The Bertz CT molecular complexity index is 787. The number of rotatable bonds is 8. The lowest BCUT2D eigenvalue weighted by atomic mass is 9.99. The number of benzene rings is 1. The van der Waals surface area contributed by atoms with Gasteiger partial charge in [-0.3, -0.25) is 10.4 Å². The smallest absolute Gasteiger partial charge is 0.102 e. The van der Waals surface area contributed by atoms with Crippen LogP contribution in [-0.2, 0) is 4.74 Å². The van der Waals surface area contributed by atoms with Crippen LogP contribution in [0.5, 0.6) is 0 Å². The minimum Gasteiger partial charge on any atom is -0.378 e. The summed E-state index contributed by atoms with van der Waals surface area (Å²) in [6, 6.07) is 8.68. The van der Waals surface area contributed by atoms with E-state index in [0.717, 1.165) is 57.2 Å². The first-order valence-electron chi connectivity index (χ1n) is 11.3. The maximum absolute atomic E-state index is 8.56. The van der Waals surface area contributed by atoms with Crippen LogP contribution in [0.3, 0.4) is 0 Å². The van der Waals surface area contributed by atoms with E-state index in [2.05, 4.69) is 64.0 Å². The molecule has 2 fully saturated rings. The van der Waals surface area contributed by atoms with Crippen molar-refractivity contribution in [3.63, 3.8) is 0 Å². The van der Waals surface area contributed by atoms with Crippen LogP contribution in [0.15, 0.2) is 48.1 Å². The molecule has 6 heteroatoms. The third-order valence-corrected chi connectivity index (χ3v) is 6.08. The Balaban J connectivity index is 1.61. The average Bonchev–Trinajstić information content (AvgIpc) is 2.80. The molecule has 2 aliphatic heterocycles. The van der Waals surface area contributed by atoms with E-state index < -0.39 is 0 Å². The van der Waals surface area contributed by atoms with E-state index in [1.54, 1.807) is 6.20 Å². The molecular formula is C25H37N5O. The number of aliphatic imine (C=N–C) groups is 1. The van der Waals surface area contributed by atoms with Crippen molar-refractivity contribution >= 4 is 22.8 Å². The van der Waals surface area contributed by atoms with Crippen LogP contribution in [0.4, 0.5) is 5.69 Å². The van der Waals surface area contributed by atoms with E-state index in [-0.39, 0.29) is 0 Å². The van der Waals surface area contributed by atoms with Gasteiger partial charge in [-0.05, 0) is 68.1 Å². The summed E-state index contributed by atoms with van der Waals surface area (Å²) in [6.45, 7) is 12.4. The van der Waals surface area contributed by atoms with E-state index in [1.165, 1.54) is 24.1 Å². The fourth-order valence-corrected chi connectivity index (χ4v) is 4.22. The van der Waals surface area contributed by atoms with Crippen molar-refractivity contribution in [2.24, 2.45) is 10.9 Å². The Morgan fingerprint density at radius 3 is 2.71 bits per heavy atom. The van der Waals surface area contributed by atoms with E-state index in [0.29, 0.717) is 18.2 Å². The summed E-state index contributed by atoms with van der Waals surface area (Å²) < 4.78 is 5.44. The van der Waals surface area contributed by atoms with Gasteiger partial charge in [0.1, 0.15) is 5.84 Å². The first-order chi connectivity index (χ1) is 15.1. The quantitative estimate of drug-likeness (QED) is 0.493. The van der Waals surface area contributed by atoms with E-state index >= 15 is 0 Å². The molecular weight excluding hydrogens is 386 g/mol. The second-order valence-corrected chi connectivity index (χ2v) is 8.49. The van der Waals surface area contributed by atoms with Gasteiger partial charge < -0.3 is 19.9 Å². The van der Waals surface area contributed by atoms with Gasteiger partial charge in [-0.15, -0.1) is 0 Å². The summed E-state index contributed by atoms with van der Waals surface area (Å²) in [4.78, 5) is 8.88. The summed E-state index contributed by atoms with van der Waals surface area (Å²) in [5.41, 5.74) is 4.41. The van der Waals surface area contributed by atoms with Gasteiger partial charge in [0, 0.05) is 50.7 Å². The zero-order valence-corrected chi connectivity index (χ0v) is 19.1. The molecule has 0 aliphatic carbocycles. The molecule has 31 heavy (non-hydrogen) atoms. The molecule has 2 aliphatic rings. The van der Waals surface area contributed by atoms with Crippen LogP contribution in [0, 0.1) is 11.3 Å². The van der Waals surface area contributed by atoms with Crippen LogP contribution in [-0.4, -0.2) is 69.4 Å². The van der Waals surface area contributed by atoms with Gasteiger partial charge in [0.25, 0.3) is 0 Å². The summed E-state index contributed by atoms with van der Waals surface area (Å²) >= 11 is 0. The lowest BCUT2D eigenvalue weighted by molar-refractivity contribution is 0.122. The molecule has 2 saturated heterocycles. The van der Waals surface area contributed by atoms with Gasteiger partial charge in [-0.2, -0.15) is 0 Å². The molecule has 0 amide bonds. The zero-order valence-electron chi connectivity index (χ0n) is 19.1. The third-order valence-electron chi connectivity index (χ3n) is 6.08. The molecule has 1 unspecified atom stereocenters. The van der Waals surface area contributed by atoms with Gasteiger partial charge in [-0.25, -0.2) is 0 Å². The molecule has 1 atom stereocenters. The Hall–Kier alpha value is -2.44. The molecule has 0 spiro atoms. The number of ether oxygens (including phenoxy) is 1. The molecule has 0 bridgehead atoms. The SMILES string of the molecule is C=CN=C(/C=C(\C)c1ccc(N2CCOCC2)cc1)CC(=N)N(C)CC1CCCNC1. The topological polar surface area (TPSA) is 64.0 Å². The van der Waals surface area contributed by atoms with Crippen LogP contribution < -0.4 is 10.2 Å². The summed E-state index contributed by atoms with van der Waals surface area (Å²) in [5.74, 6) is 1.21. The van der Waals surface area contributed by atoms with Crippen LogP contribution >= 0.6 is 0 Å². The summed E-state index contributed by atoms with van der Waals surface area (Å²) in [7, 11) is 2.02. The van der Waals surface area contributed by atoms with Gasteiger partial charge in [0.05, 0.1) is 13.2 Å². The highest BCUT2D eigenvalue weighted by atomic mass is 16.5. The van der Waals surface area contributed by atoms with Crippen molar-refractivity contribution in [2.75, 3.05) is 57.9 Å². The Labute approximate surface area is 187 Å². The highest BCUT2D eigenvalue weighted by Crippen LogP contribution is 2.21. The number of hydrogen-bond acceptors (Lipinski definition) is 5. The monoisotopic (exact) mass is 423 g/mol. The second-order valence-electron chi connectivity index (χ2n) is 8.49. The molecule has 3 rings (SSSR count). The lowest BCUT2D eigenvalue weighted by Gasteiger charge is -2.29. The molecule has 0 saturated carbocycles. The number of allylic oxidation sites excluding steroid dienone is 2. The number of anilines is 1. The van der Waals surface area contributed by atoms with Gasteiger partial charge in [0.15, 0.2) is 0 Å². The zero-order chi connectivity index (χ0) is 22.1. The highest BCUT2D eigenvalue weighted by molar-refractivity contribution is 6.10. The molecule has 1 aromatic carbocycles. The first kappa shape index (κ1) is 23.2. The van der Waals surface area contributed by atoms with Crippen molar-refractivity contribution in [1.82, 2.24) is 10.2 Å². The number of nitrogens with zero attached hydrogens (tertiary/aromatic N) is 3. The molecule has 0 aromatic heterocycles. The maximum atomic E-state index is 8.56. The maximum Gasteiger partial charge on any atom is 0.102 e. The number of amidine groups is 1. The van der Waals surface area contributed by atoms with E-state index in [1.807, 2.05) is 7.05 Å². The minimum atomic E-state index is 0.506. The van der Waals surface area contributed by atoms with Crippen LogP contribution in [0.2, 0.25) is 0 Å². The van der Waals surface area contributed by atoms with Crippen molar-refractivity contribution in [2.45, 2.75) is 26.2 Å². The predicted molar refractivity (Wildman–Crippen MR) is 131 cm³/mol. The van der Waals surface area contributed by atoms with Crippen molar-refractivity contribution in [1.29, 1.82) is 5.41 Å². The van der Waals surface area contributed by atoms with Crippen molar-refractivity contribution in [3.8, 4) is 0 Å². The minimum absolute atomic E-state index is 0.506. The highest BCUT2D eigenvalue weighted by Gasteiger charge is 2.17. The number of nitrogens with one attached hydrogen (secondary N) is 2. The fraction of sp³-hybridized carbons (Fsp3) is 0.520. The van der Waals surface area contributed by atoms with Gasteiger partial charge >= 0.3 is 0 Å². The lowest BCUT2D eigenvalue weighted by Crippen LogP contribution is -2.39. The summed E-state index contributed by atoms with van der Waals surface area (Å²) in [6.07, 6.45) is 6.61. The molecule has 6 nitrogen and oxygen atoms in total.